The number of hydrogen-bond acceptors (Lipinski definition) is 6. The third-order valence-corrected chi connectivity index (χ3v) is 5.96. The molecule has 1 saturated heterocycles. The number of amidine groups is 1. The number of benzene rings is 3. The maximum atomic E-state index is 11.2. The van der Waals surface area contributed by atoms with Crippen molar-refractivity contribution in [3.8, 4) is 16.9 Å². The summed E-state index contributed by atoms with van der Waals surface area (Å²) in [4.78, 5) is 15.4. The van der Waals surface area contributed by atoms with E-state index in [0.29, 0.717) is 6.61 Å². The topological polar surface area (TPSA) is 86.0 Å². The smallest absolute Gasteiger partial charge is 0.270 e. The van der Waals surface area contributed by atoms with E-state index in [-0.39, 0.29) is 16.7 Å². The first-order chi connectivity index (χ1) is 15.7. The first kappa shape index (κ1) is 20.5. The molecule has 1 N–H and O–H groups in total. The Balaban J connectivity index is 1.50. The van der Waals surface area contributed by atoms with Crippen LogP contribution in [0.4, 0.5) is 5.69 Å². The first-order valence-corrected chi connectivity index (χ1v) is 11.0. The van der Waals surface area contributed by atoms with Crippen molar-refractivity contribution in [3.05, 3.63) is 70.3 Å². The molecule has 3 aromatic carbocycles. The number of non-ortho nitro benzene ring substituents is 1. The number of ether oxygens (including phenoxy) is 2. The van der Waals surface area contributed by atoms with E-state index in [2.05, 4.69) is 22.4 Å². The van der Waals surface area contributed by atoms with Crippen LogP contribution < -0.4 is 10.1 Å². The van der Waals surface area contributed by atoms with Crippen LogP contribution in [0.25, 0.3) is 21.9 Å². The van der Waals surface area contributed by atoms with E-state index in [0.717, 1.165) is 71.6 Å². The summed E-state index contributed by atoms with van der Waals surface area (Å²) in [5.41, 5.74) is 2.76. The molecule has 0 amide bonds. The minimum atomic E-state index is -0.369. The van der Waals surface area contributed by atoms with Gasteiger partial charge in [-0.2, -0.15) is 0 Å². The van der Waals surface area contributed by atoms with Gasteiger partial charge < -0.3 is 14.8 Å². The lowest BCUT2D eigenvalue weighted by molar-refractivity contribution is -0.384. The normalized spacial score (nSPS) is 18.2. The van der Waals surface area contributed by atoms with Gasteiger partial charge in [-0.3, -0.25) is 15.1 Å². The number of fused-ring (bicyclic) bond motifs is 1. The van der Waals surface area contributed by atoms with Crippen LogP contribution >= 0.6 is 0 Å². The average Bonchev–Trinajstić information content (AvgIpc) is 3.37. The summed E-state index contributed by atoms with van der Waals surface area (Å²) in [7, 11) is 0. The van der Waals surface area contributed by atoms with Gasteiger partial charge in [0.05, 0.1) is 23.1 Å². The lowest BCUT2D eigenvalue weighted by atomic mass is 9.98. The van der Waals surface area contributed by atoms with E-state index in [1.54, 1.807) is 12.1 Å². The molecule has 0 aliphatic carbocycles. The van der Waals surface area contributed by atoms with Crippen LogP contribution in [0.15, 0.2) is 59.6 Å². The number of nitro benzene ring substituents is 1. The molecule has 0 radical (unpaired) electrons. The maximum Gasteiger partial charge on any atom is 0.270 e. The molecular formula is C25H25N3O4. The Morgan fingerprint density at radius 2 is 2.00 bits per heavy atom. The Bertz CT molecular complexity index is 1190. The highest BCUT2D eigenvalue weighted by atomic mass is 16.6. The number of nitro groups is 1. The Kier molecular flexibility index (Phi) is 5.73. The second-order valence-electron chi connectivity index (χ2n) is 8.17. The molecule has 1 fully saturated rings. The predicted octanol–water partition coefficient (Wildman–Crippen LogP) is 4.71. The van der Waals surface area contributed by atoms with Gasteiger partial charge in [-0.25, -0.2) is 0 Å². The van der Waals surface area contributed by atoms with Crippen LogP contribution in [0.1, 0.15) is 24.8 Å². The van der Waals surface area contributed by atoms with Crippen molar-refractivity contribution in [2.45, 2.75) is 25.4 Å². The molecule has 1 unspecified atom stereocenters. The van der Waals surface area contributed by atoms with Crippen molar-refractivity contribution in [1.82, 2.24) is 5.32 Å². The van der Waals surface area contributed by atoms with E-state index in [1.165, 1.54) is 12.5 Å². The Morgan fingerprint density at radius 3 is 2.78 bits per heavy atom. The zero-order valence-corrected chi connectivity index (χ0v) is 17.8. The lowest BCUT2D eigenvalue weighted by Crippen LogP contribution is -2.27. The molecule has 3 aromatic rings. The van der Waals surface area contributed by atoms with E-state index < -0.39 is 0 Å². The predicted molar refractivity (Wildman–Crippen MR) is 125 cm³/mol. The van der Waals surface area contributed by atoms with Crippen LogP contribution in [-0.4, -0.2) is 43.2 Å². The fraction of sp³-hybridized carbons (Fsp3) is 0.320. The van der Waals surface area contributed by atoms with Gasteiger partial charge in [-0.1, -0.05) is 24.3 Å². The molecule has 7 nitrogen and oxygen atoms in total. The maximum absolute atomic E-state index is 11.2. The second-order valence-corrected chi connectivity index (χ2v) is 8.17. The molecule has 5 rings (SSSR count). The number of hydrogen-bond donors (Lipinski definition) is 1. The van der Waals surface area contributed by atoms with Crippen molar-refractivity contribution < 1.29 is 14.4 Å². The summed E-state index contributed by atoms with van der Waals surface area (Å²) in [5.74, 6) is 1.63. The van der Waals surface area contributed by atoms with Gasteiger partial charge in [0, 0.05) is 25.3 Å². The van der Waals surface area contributed by atoms with Crippen molar-refractivity contribution in [1.29, 1.82) is 0 Å². The molecule has 0 saturated carbocycles. The summed E-state index contributed by atoms with van der Waals surface area (Å²) in [6, 6.07) is 16.9. The Morgan fingerprint density at radius 1 is 1.09 bits per heavy atom. The monoisotopic (exact) mass is 431 g/mol. The second kappa shape index (κ2) is 8.96. The Hall–Kier alpha value is -3.45. The zero-order valence-electron chi connectivity index (χ0n) is 17.8. The van der Waals surface area contributed by atoms with E-state index >= 15 is 0 Å². The zero-order chi connectivity index (χ0) is 21.9. The van der Waals surface area contributed by atoms with Crippen molar-refractivity contribution in [3.63, 3.8) is 0 Å². The van der Waals surface area contributed by atoms with E-state index in [4.69, 9.17) is 9.47 Å². The molecule has 0 aromatic heterocycles. The molecule has 2 aliphatic rings. The van der Waals surface area contributed by atoms with Crippen LogP contribution in [0.3, 0.4) is 0 Å². The quantitative estimate of drug-likeness (QED) is 0.451. The minimum Gasteiger partial charge on any atom is -0.490 e. The minimum absolute atomic E-state index is 0.0847. The van der Waals surface area contributed by atoms with Crippen molar-refractivity contribution in [2.24, 2.45) is 4.99 Å². The van der Waals surface area contributed by atoms with Crippen LogP contribution in [-0.2, 0) is 4.74 Å². The van der Waals surface area contributed by atoms with Gasteiger partial charge in [0.2, 0.25) is 0 Å². The molecule has 0 bridgehead atoms. The summed E-state index contributed by atoms with van der Waals surface area (Å²) < 4.78 is 12.1. The Labute approximate surface area is 186 Å². The van der Waals surface area contributed by atoms with E-state index in [1.807, 2.05) is 24.3 Å². The molecule has 0 spiro atoms. The molecule has 2 aliphatic heterocycles. The fourth-order valence-corrected chi connectivity index (χ4v) is 4.26. The highest BCUT2D eigenvalue weighted by Crippen LogP contribution is 2.32. The number of rotatable bonds is 6. The van der Waals surface area contributed by atoms with Gasteiger partial charge >= 0.3 is 0 Å². The van der Waals surface area contributed by atoms with Gasteiger partial charge in [-0.05, 0) is 59.4 Å². The largest absolute Gasteiger partial charge is 0.490 e. The summed E-state index contributed by atoms with van der Waals surface area (Å²) in [6.07, 6.45) is 3.44. The highest BCUT2D eigenvalue weighted by Gasteiger charge is 2.19. The molecule has 1 atom stereocenters. The average molecular weight is 431 g/mol. The standard InChI is InChI=1S/C25H25N3O4/c29-28(30)21-5-3-4-17(13-21)18-7-8-19-15-24(32-16-22-6-1-2-11-31-22)23(14-20(19)12-18)25-26-9-10-27-25/h3-5,7-8,12-15,22H,1-2,6,9-11,16H2,(H,26,27). The summed E-state index contributed by atoms with van der Waals surface area (Å²) in [6.45, 7) is 2.88. The third kappa shape index (κ3) is 4.29. The third-order valence-electron chi connectivity index (χ3n) is 5.96. The van der Waals surface area contributed by atoms with Crippen LogP contribution in [0.2, 0.25) is 0 Å². The van der Waals surface area contributed by atoms with Crippen molar-refractivity contribution >= 4 is 22.3 Å². The van der Waals surface area contributed by atoms with Gasteiger partial charge in [0.15, 0.2) is 0 Å². The first-order valence-electron chi connectivity index (χ1n) is 11.0. The SMILES string of the molecule is O=[N+]([O-])c1cccc(-c2ccc3cc(OCC4CCCCO4)c(C4=NCCN4)cc3c2)c1. The molecule has 2 heterocycles. The van der Waals surface area contributed by atoms with Crippen LogP contribution in [0, 0.1) is 10.1 Å². The number of nitrogens with one attached hydrogen (secondary N) is 1. The lowest BCUT2D eigenvalue weighted by Gasteiger charge is -2.23. The van der Waals surface area contributed by atoms with Crippen LogP contribution in [0.5, 0.6) is 5.75 Å². The van der Waals surface area contributed by atoms with Gasteiger partial charge in [0.1, 0.15) is 18.2 Å². The van der Waals surface area contributed by atoms with Crippen molar-refractivity contribution in [2.75, 3.05) is 26.3 Å². The molecule has 32 heavy (non-hydrogen) atoms. The summed E-state index contributed by atoms with van der Waals surface area (Å²) >= 11 is 0. The number of aliphatic imine (C=N–C) groups is 1. The van der Waals surface area contributed by atoms with Gasteiger partial charge in [-0.15, -0.1) is 0 Å². The number of nitrogens with zero attached hydrogens (tertiary/aromatic N) is 2. The molecule has 164 valence electrons. The highest BCUT2D eigenvalue weighted by molar-refractivity contribution is 6.06. The fourth-order valence-electron chi connectivity index (χ4n) is 4.26. The van der Waals surface area contributed by atoms with E-state index in [9.17, 15) is 10.1 Å². The molecular weight excluding hydrogens is 406 g/mol. The molecule has 7 heteroatoms. The summed E-state index contributed by atoms with van der Waals surface area (Å²) in [5, 5.41) is 16.6. The van der Waals surface area contributed by atoms with Gasteiger partial charge in [0.25, 0.3) is 5.69 Å².